The third-order valence-electron chi connectivity index (χ3n) is 12.5. The highest BCUT2D eigenvalue weighted by atomic mass is 14.9. The van der Waals surface area contributed by atoms with E-state index in [2.05, 4.69) is 224 Å². The van der Waals surface area contributed by atoms with Crippen LogP contribution in [0.1, 0.15) is 33.4 Å². The van der Waals surface area contributed by atoms with Crippen molar-refractivity contribution in [3.05, 3.63) is 276 Å². The van der Waals surface area contributed by atoms with Crippen LogP contribution in [0.2, 0.25) is 0 Å². The lowest BCUT2D eigenvalue weighted by Crippen LogP contribution is -2.54. The van der Waals surface area contributed by atoms with Crippen LogP contribution in [0.4, 0.5) is 0 Å². The highest BCUT2D eigenvalue weighted by Crippen LogP contribution is 2.65. The zero-order valence-electron chi connectivity index (χ0n) is 33.0. The fourth-order valence-electron chi connectivity index (χ4n) is 10.1. The van der Waals surface area contributed by atoms with E-state index < -0.39 is 10.8 Å². The quantitative estimate of drug-likeness (QED) is 0.162. The average Bonchev–Trinajstić information content (AvgIpc) is 3.34. The zero-order chi connectivity index (χ0) is 39.9. The molecule has 0 unspecified atom stereocenters. The second kappa shape index (κ2) is 14.6. The molecule has 0 spiro atoms. The molecule has 1 aromatic heterocycles. The fraction of sp³-hybridized carbons (Fsp3) is 0.0345. The smallest absolute Gasteiger partial charge is 0.160 e. The molecule has 0 amide bonds. The van der Waals surface area contributed by atoms with E-state index in [-0.39, 0.29) is 0 Å². The van der Waals surface area contributed by atoms with Crippen LogP contribution in [-0.4, -0.2) is 9.97 Å². The molecule has 0 atom stereocenters. The molecule has 0 radical (unpaired) electrons. The Morgan fingerprint density at radius 3 is 1.23 bits per heavy atom. The van der Waals surface area contributed by atoms with Crippen molar-refractivity contribution in [1.82, 2.24) is 9.97 Å². The van der Waals surface area contributed by atoms with Crippen LogP contribution >= 0.6 is 0 Å². The minimum absolute atomic E-state index is 0.662. The van der Waals surface area contributed by atoms with Gasteiger partial charge >= 0.3 is 0 Å². The lowest BCUT2D eigenvalue weighted by molar-refractivity contribution is 0.415. The summed E-state index contributed by atoms with van der Waals surface area (Å²) < 4.78 is 0. The van der Waals surface area contributed by atoms with Gasteiger partial charge in [-0.15, -0.1) is 0 Å². The maximum Gasteiger partial charge on any atom is 0.160 e. The van der Waals surface area contributed by atoms with Crippen LogP contribution in [-0.2, 0) is 10.8 Å². The number of nitrogens with zero attached hydrogens (tertiary/aromatic N) is 2. The van der Waals surface area contributed by atoms with Crippen molar-refractivity contribution in [2.45, 2.75) is 10.8 Å². The molecule has 0 saturated heterocycles. The third kappa shape index (κ3) is 5.42. The summed E-state index contributed by atoms with van der Waals surface area (Å²) in [5, 5.41) is 1.02. The monoisotopic (exact) mass is 764 g/mol. The highest BCUT2D eigenvalue weighted by molar-refractivity contribution is 5.97. The summed E-state index contributed by atoms with van der Waals surface area (Å²) in [6.45, 7) is 0. The van der Waals surface area contributed by atoms with Crippen LogP contribution in [0.5, 0.6) is 0 Å². The maximum atomic E-state index is 5.22. The van der Waals surface area contributed by atoms with Gasteiger partial charge in [0, 0.05) is 16.5 Å². The molecule has 282 valence electrons. The van der Waals surface area contributed by atoms with Gasteiger partial charge in [-0.1, -0.05) is 224 Å². The second-order valence-corrected chi connectivity index (χ2v) is 15.6. The number of hydrogen-bond donors (Lipinski definition) is 0. The van der Waals surface area contributed by atoms with Crippen LogP contribution in [0.3, 0.4) is 0 Å². The SMILES string of the molecule is c1ccc(-c2nc(-c3ccccc3)c3cc(-c4ccc5c(c4)-c4ccccc4C(c4ccccc4)(c4ccccc4)C5(c4ccccc4)c4ccccc4)ccc3n2)cc1. The van der Waals surface area contributed by atoms with Gasteiger partial charge in [0.1, 0.15) is 0 Å². The van der Waals surface area contributed by atoms with Crippen molar-refractivity contribution in [2.24, 2.45) is 0 Å². The van der Waals surface area contributed by atoms with E-state index in [9.17, 15) is 0 Å². The largest absolute Gasteiger partial charge is 0.228 e. The highest BCUT2D eigenvalue weighted by Gasteiger charge is 2.61. The van der Waals surface area contributed by atoms with Crippen molar-refractivity contribution >= 4 is 10.9 Å². The first-order valence-corrected chi connectivity index (χ1v) is 20.7. The molecule has 1 heterocycles. The molecule has 0 saturated carbocycles. The van der Waals surface area contributed by atoms with E-state index in [0.29, 0.717) is 0 Å². The molecule has 1 aliphatic carbocycles. The lowest BCUT2D eigenvalue weighted by atomic mass is 9.43. The van der Waals surface area contributed by atoms with E-state index >= 15 is 0 Å². The van der Waals surface area contributed by atoms with Gasteiger partial charge in [-0.2, -0.15) is 0 Å². The Kier molecular flexibility index (Phi) is 8.64. The maximum absolute atomic E-state index is 5.22. The molecule has 0 N–H and O–H groups in total. The first kappa shape index (κ1) is 35.5. The van der Waals surface area contributed by atoms with Crippen LogP contribution in [0.25, 0.3) is 55.8 Å². The van der Waals surface area contributed by atoms with Gasteiger partial charge < -0.3 is 0 Å². The molecule has 11 rings (SSSR count). The molecule has 0 bridgehead atoms. The molecule has 10 aromatic rings. The number of fused-ring (bicyclic) bond motifs is 4. The van der Waals surface area contributed by atoms with Crippen molar-refractivity contribution in [3.8, 4) is 44.9 Å². The zero-order valence-corrected chi connectivity index (χ0v) is 33.0. The molecule has 1 aliphatic rings. The number of benzene rings is 9. The van der Waals surface area contributed by atoms with E-state index in [1.54, 1.807) is 0 Å². The number of aromatic nitrogens is 2. The van der Waals surface area contributed by atoms with Gasteiger partial charge in [0.2, 0.25) is 0 Å². The normalized spacial score (nSPS) is 13.6. The van der Waals surface area contributed by atoms with Gasteiger partial charge in [0.05, 0.1) is 22.0 Å². The molecular weight excluding hydrogens is 725 g/mol. The van der Waals surface area contributed by atoms with Gasteiger partial charge in [0.15, 0.2) is 5.82 Å². The summed E-state index contributed by atoms with van der Waals surface area (Å²) in [5.41, 5.74) is 14.7. The molecular formula is C58H40N2. The van der Waals surface area contributed by atoms with E-state index in [0.717, 1.165) is 44.7 Å². The third-order valence-corrected chi connectivity index (χ3v) is 12.5. The average molecular weight is 765 g/mol. The molecule has 2 nitrogen and oxygen atoms in total. The van der Waals surface area contributed by atoms with Crippen LogP contribution in [0, 0.1) is 0 Å². The summed E-state index contributed by atoms with van der Waals surface area (Å²) in [4.78, 5) is 10.3. The molecule has 9 aromatic carbocycles. The van der Waals surface area contributed by atoms with Crippen molar-refractivity contribution < 1.29 is 0 Å². The first-order valence-electron chi connectivity index (χ1n) is 20.7. The van der Waals surface area contributed by atoms with Gasteiger partial charge in [-0.05, 0) is 73.8 Å². The summed E-state index contributed by atoms with van der Waals surface area (Å²) in [6.07, 6.45) is 0. The van der Waals surface area contributed by atoms with Crippen LogP contribution < -0.4 is 0 Å². The summed E-state index contributed by atoms with van der Waals surface area (Å²) >= 11 is 0. The number of hydrogen-bond acceptors (Lipinski definition) is 2. The Morgan fingerprint density at radius 1 is 0.283 bits per heavy atom. The van der Waals surface area contributed by atoms with Crippen molar-refractivity contribution in [3.63, 3.8) is 0 Å². The molecule has 60 heavy (non-hydrogen) atoms. The Labute approximate surface area is 351 Å². The Bertz CT molecular complexity index is 3030. The molecule has 0 fully saturated rings. The fourth-order valence-corrected chi connectivity index (χ4v) is 10.1. The van der Waals surface area contributed by atoms with E-state index in [1.165, 1.54) is 44.5 Å². The van der Waals surface area contributed by atoms with Crippen molar-refractivity contribution in [1.29, 1.82) is 0 Å². The second-order valence-electron chi connectivity index (χ2n) is 15.6. The molecule has 2 heteroatoms. The standard InChI is InChI=1S/C58H40N2/c1-7-21-41(22-8-1)55-51-40-44(36-38-54(51)59-56(60-55)42-23-9-2-10-24-42)43-35-37-53-50(39-43)49-33-19-20-34-52(49)57(45-25-11-3-12-26-45,46-27-13-4-14-28-46)58(53,47-29-15-5-16-30-47)48-31-17-6-18-32-48/h1-40H. The Hall–Kier alpha value is -7.68. The van der Waals surface area contributed by atoms with Crippen molar-refractivity contribution in [2.75, 3.05) is 0 Å². The minimum Gasteiger partial charge on any atom is -0.228 e. The van der Waals surface area contributed by atoms with Gasteiger partial charge in [0.25, 0.3) is 0 Å². The minimum atomic E-state index is -0.689. The van der Waals surface area contributed by atoms with E-state index in [4.69, 9.17) is 9.97 Å². The lowest BCUT2D eigenvalue weighted by Gasteiger charge is -2.57. The van der Waals surface area contributed by atoms with Gasteiger partial charge in [-0.3, -0.25) is 0 Å². The predicted octanol–water partition coefficient (Wildman–Crippen LogP) is 14.0. The number of rotatable bonds is 7. The molecule has 0 aliphatic heterocycles. The van der Waals surface area contributed by atoms with E-state index in [1.807, 2.05) is 18.2 Å². The van der Waals surface area contributed by atoms with Crippen LogP contribution in [0.15, 0.2) is 243 Å². The Balaban J connectivity index is 1.22. The first-order chi connectivity index (χ1) is 29.8. The topological polar surface area (TPSA) is 25.8 Å². The summed E-state index contributed by atoms with van der Waals surface area (Å²) in [5.74, 6) is 0.721. The summed E-state index contributed by atoms with van der Waals surface area (Å²) in [6, 6.07) is 88.4. The predicted molar refractivity (Wildman–Crippen MR) is 247 cm³/mol. The summed E-state index contributed by atoms with van der Waals surface area (Å²) in [7, 11) is 0. The van der Waals surface area contributed by atoms with Gasteiger partial charge in [-0.25, -0.2) is 9.97 Å². The Morgan fingerprint density at radius 2 is 0.700 bits per heavy atom.